The number of fused-ring (bicyclic) bond motifs is 1. The maximum atomic E-state index is 6.78. The van der Waals surface area contributed by atoms with Crippen LogP contribution in [0.15, 0.2) is 48.5 Å². The van der Waals surface area contributed by atoms with E-state index in [1.165, 1.54) is 0 Å². The maximum absolute atomic E-state index is 6.78. The van der Waals surface area contributed by atoms with Crippen molar-refractivity contribution in [2.45, 2.75) is 50.1 Å². The van der Waals surface area contributed by atoms with Crippen molar-refractivity contribution in [2.24, 2.45) is 0 Å². The van der Waals surface area contributed by atoms with E-state index >= 15 is 0 Å². The van der Waals surface area contributed by atoms with Crippen molar-refractivity contribution in [1.82, 2.24) is 9.97 Å². The van der Waals surface area contributed by atoms with Crippen LogP contribution < -0.4 is 0 Å². The molecule has 1 saturated carbocycles. The molecule has 0 bridgehead atoms. The fraction of sp³-hybridized carbons (Fsp3) is 0.417. The van der Waals surface area contributed by atoms with E-state index in [9.17, 15) is 0 Å². The molecule has 1 aliphatic carbocycles. The summed E-state index contributed by atoms with van der Waals surface area (Å²) in [6.45, 7) is 1.03. The molecule has 1 saturated heterocycles. The van der Waals surface area contributed by atoms with Crippen molar-refractivity contribution in [1.29, 1.82) is 0 Å². The molecular formula is C24H24ClIN2O3. The summed E-state index contributed by atoms with van der Waals surface area (Å²) in [6, 6.07) is 16.3. The predicted molar refractivity (Wildman–Crippen MR) is 128 cm³/mol. The molecule has 7 heteroatoms. The Morgan fingerprint density at radius 2 is 1.90 bits per heavy atom. The monoisotopic (exact) mass is 550 g/mol. The Hall–Kier alpha value is -1.32. The minimum absolute atomic E-state index is 0.169. The van der Waals surface area contributed by atoms with Crippen molar-refractivity contribution < 1.29 is 14.2 Å². The second kappa shape index (κ2) is 9.27. The van der Waals surface area contributed by atoms with Crippen molar-refractivity contribution >= 4 is 45.1 Å². The molecule has 3 aromatic rings. The normalized spacial score (nSPS) is 21.2. The molecule has 0 spiro atoms. The van der Waals surface area contributed by atoms with Gasteiger partial charge in [-0.15, -0.1) is 0 Å². The zero-order valence-corrected chi connectivity index (χ0v) is 20.0. The second-order valence-corrected chi connectivity index (χ2v) is 9.70. The Morgan fingerprint density at radius 3 is 2.65 bits per heavy atom. The van der Waals surface area contributed by atoms with Crippen LogP contribution in [-0.2, 0) is 19.8 Å². The molecule has 162 valence electrons. The second-order valence-electron chi connectivity index (χ2n) is 8.12. The van der Waals surface area contributed by atoms with Crippen LogP contribution in [0.3, 0.4) is 0 Å². The number of aromatic nitrogens is 2. The highest BCUT2D eigenvalue weighted by Crippen LogP contribution is 2.43. The van der Waals surface area contributed by atoms with Gasteiger partial charge in [0.25, 0.3) is 0 Å². The van der Waals surface area contributed by atoms with Gasteiger partial charge in [-0.2, -0.15) is 0 Å². The number of hydrogen-bond donors (Lipinski definition) is 0. The van der Waals surface area contributed by atoms with Crippen LogP contribution in [0, 0.1) is 3.57 Å². The molecule has 2 heterocycles. The predicted octanol–water partition coefficient (Wildman–Crippen LogP) is 5.85. The van der Waals surface area contributed by atoms with Crippen LogP contribution >= 0.6 is 34.2 Å². The molecule has 2 aliphatic rings. The van der Waals surface area contributed by atoms with E-state index in [2.05, 4.69) is 45.8 Å². The molecule has 31 heavy (non-hydrogen) atoms. The third-order valence-corrected chi connectivity index (χ3v) is 6.60. The molecule has 1 aromatic heterocycles. The van der Waals surface area contributed by atoms with Crippen LogP contribution in [0.25, 0.3) is 10.9 Å². The first-order chi connectivity index (χ1) is 15.1. The minimum atomic E-state index is -0.904. The summed E-state index contributed by atoms with van der Waals surface area (Å²) in [5, 5.41) is 1.13. The molecule has 0 amide bonds. The lowest BCUT2D eigenvalue weighted by Crippen LogP contribution is -2.41. The SMILES string of the molecule is Clc1nc(C(COC2CCCCO2)(OC2CC2)c2ccccc2)c2cc(I)ccc2n1. The smallest absolute Gasteiger partial charge is 0.223 e. The first-order valence-corrected chi connectivity index (χ1v) is 12.2. The number of ether oxygens (including phenoxy) is 3. The standard InChI is InChI=1S/C24H24ClIN2O3/c25-23-27-20-12-9-17(26)14-19(20)22(28-23)24(31-18-10-11-18,16-6-2-1-3-7-16)15-30-21-8-4-5-13-29-21/h1-3,6-7,9,12,14,18,21H,4-5,8,10-11,13,15H2. The highest BCUT2D eigenvalue weighted by Gasteiger charge is 2.44. The lowest BCUT2D eigenvalue weighted by molar-refractivity contribution is -0.197. The van der Waals surface area contributed by atoms with Gasteiger partial charge in [0.2, 0.25) is 5.28 Å². The van der Waals surface area contributed by atoms with Crippen molar-refractivity contribution in [3.8, 4) is 0 Å². The van der Waals surface area contributed by atoms with E-state index in [1.54, 1.807) is 0 Å². The van der Waals surface area contributed by atoms with E-state index in [0.717, 1.165) is 64.4 Å². The van der Waals surface area contributed by atoms with E-state index in [4.69, 9.17) is 30.8 Å². The molecule has 1 aliphatic heterocycles. The Balaban J connectivity index is 1.67. The average molecular weight is 551 g/mol. The Morgan fingerprint density at radius 1 is 1.06 bits per heavy atom. The molecule has 5 nitrogen and oxygen atoms in total. The molecular weight excluding hydrogens is 527 g/mol. The van der Waals surface area contributed by atoms with Gasteiger partial charge in [-0.25, -0.2) is 9.97 Å². The zero-order chi connectivity index (χ0) is 21.3. The highest BCUT2D eigenvalue weighted by atomic mass is 127. The van der Waals surface area contributed by atoms with E-state index in [0.29, 0.717) is 6.61 Å². The zero-order valence-electron chi connectivity index (χ0n) is 17.1. The Kier molecular flexibility index (Phi) is 6.44. The van der Waals surface area contributed by atoms with Crippen LogP contribution in [0.2, 0.25) is 5.28 Å². The van der Waals surface area contributed by atoms with E-state index in [-0.39, 0.29) is 17.7 Å². The van der Waals surface area contributed by atoms with Crippen LogP contribution in [-0.4, -0.2) is 35.6 Å². The quantitative estimate of drug-likeness (QED) is 0.273. The summed E-state index contributed by atoms with van der Waals surface area (Å²) in [4.78, 5) is 9.20. The molecule has 2 unspecified atom stereocenters. The number of benzene rings is 2. The average Bonchev–Trinajstić information content (AvgIpc) is 3.62. The first-order valence-electron chi connectivity index (χ1n) is 10.7. The summed E-state index contributed by atoms with van der Waals surface area (Å²) in [7, 11) is 0. The molecule has 2 aromatic carbocycles. The molecule has 5 rings (SSSR count). The van der Waals surface area contributed by atoms with Gasteiger partial charge in [0.15, 0.2) is 11.9 Å². The van der Waals surface area contributed by atoms with E-state index < -0.39 is 5.60 Å². The van der Waals surface area contributed by atoms with Crippen molar-refractivity contribution in [3.63, 3.8) is 0 Å². The maximum Gasteiger partial charge on any atom is 0.223 e. The van der Waals surface area contributed by atoms with Gasteiger partial charge in [-0.05, 0) is 90.1 Å². The summed E-state index contributed by atoms with van der Waals surface area (Å²) in [5.41, 5.74) is 1.63. The van der Waals surface area contributed by atoms with Gasteiger partial charge >= 0.3 is 0 Å². The van der Waals surface area contributed by atoms with Crippen LogP contribution in [0.5, 0.6) is 0 Å². The summed E-state index contributed by atoms with van der Waals surface area (Å²) in [5.74, 6) is 0. The fourth-order valence-corrected chi connectivity index (χ4v) is 4.72. The van der Waals surface area contributed by atoms with Crippen LogP contribution in [0.1, 0.15) is 43.4 Å². The van der Waals surface area contributed by atoms with Gasteiger partial charge in [-0.1, -0.05) is 30.3 Å². The van der Waals surface area contributed by atoms with Gasteiger partial charge in [0.1, 0.15) is 0 Å². The topological polar surface area (TPSA) is 53.5 Å². The van der Waals surface area contributed by atoms with Crippen molar-refractivity contribution in [2.75, 3.05) is 13.2 Å². The van der Waals surface area contributed by atoms with Gasteiger partial charge in [-0.3, -0.25) is 0 Å². The fourth-order valence-electron chi connectivity index (χ4n) is 4.06. The highest BCUT2D eigenvalue weighted by molar-refractivity contribution is 14.1. The lowest BCUT2D eigenvalue weighted by atomic mass is 9.88. The summed E-state index contributed by atoms with van der Waals surface area (Å²) >= 11 is 8.72. The van der Waals surface area contributed by atoms with Gasteiger partial charge < -0.3 is 14.2 Å². The molecule has 2 atom stereocenters. The number of hydrogen-bond acceptors (Lipinski definition) is 5. The van der Waals surface area contributed by atoms with Crippen molar-refractivity contribution in [3.05, 3.63) is 68.6 Å². The van der Waals surface area contributed by atoms with Crippen LogP contribution in [0.4, 0.5) is 0 Å². The molecule has 0 radical (unpaired) electrons. The first kappa shape index (κ1) is 21.5. The minimum Gasteiger partial charge on any atom is -0.358 e. The number of rotatable bonds is 7. The third kappa shape index (κ3) is 4.73. The molecule has 2 fully saturated rings. The van der Waals surface area contributed by atoms with E-state index in [1.807, 2.05) is 30.3 Å². The molecule has 0 N–H and O–H groups in total. The summed E-state index contributed by atoms with van der Waals surface area (Å²) < 4.78 is 20.1. The number of nitrogens with zero attached hydrogens (tertiary/aromatic N) is 2. The van der Waals surface area contributed by atoms with Gasteiger partial charge in [0.05, 0.1) is 23.9 Å². The largest absolute Gasteiger partial charge is 0.358 e. The Labute approximate surface area is 200 Å². The van der Waals surface area contributed by atoms with Gasteiger partial charge in [0, 0.05) is 15.6 Å². The summed E-state index contributed by atoms with van der Waals surface area (Å²) in [6.07, 6.45) is 5.06. The lowest BCUT2D eigenvalue weighted by Gasteiger charge is -2.36. The number of halogens is 2. The third-order valence-electron chi connectivity index (χ3n) is 5.76. The Bertz CT molecular complexity index is 1060.